The maximum Gasteiger partial charge on any atom is 0.311 e. The molecule has 3 rings (SSSR count). The third-order valence-corrected chi connectivity index (χ3v) is 4.73. The highest BCUT2D eigenvalue weighted by molar-refractivity contribution is 6.06. The van der Waals surface area contributed by atoms with E-state index >= 15 is 0 Å². The second-order valence-corrected chi connectivity index (χ2v) is 7.16. The van der Waals surface area contributed by atoms with E-state index in [0.717, 1.165) is 16.7 Å². The predicted molar refractivity (Wildman–Crippen MR) is 120 cm³/mol. The maximum absolute atomic E-state index is 12.4. The number of nitro groups is 1. The van der Waals surface area contributed by atoms with Gasteiger partial charge in [-0.05, 0) is 55.3 Å². The van der Waals surface area contributed by atoms with Crippen LogP contribution in [-0.4, -0.2) is 17.8 Å². The van der Waals surface area contributed by atoms with E-state index in [1.807, 2.05) is 37.3 Å². The second-order valence-electron chi connectivity index (χ2n) is 7.16. The predicted octanol–water partition coefficient (Wildman–Crippen LogP) is 5.70. The van der Waals surface area contributed by atoms with Gasteiger partial charge in [-0.25, -0.2) is 0 Å². The van der Waals surface area contributed by atoms with Gasteiger partial charge in [-0.3, -0.25) is 14.9 Å². The Labute approximate surface area is 180 Å². The van der Waals surface area contributed by atoms with Crippen LogP contribution in [0.3, 0.4) is 0 Å². The Morgan fingerprint density at radius 2 is 1.74 bits per heavy atom. The molecule has 0 saturated heterocycles. The highest BCUT2D eigenvalue weighted by Crippen LogP contribution is 2.30. The van der Waals surface area contributed by atoms with Crippen molar-refractivity contribution in [2.45, 2.75) is 20.5 Å². The van der Waals surface area contributed by atoms with Gasteiger partial charge in [0.05, 0.1) is 12.0 Å². The SMILES string of the molecule is COc1ccc(/C=C/C(=O)c2cccc(C)c2)cc1COc1ccc(C)cc1[N+](=O)[O-]. The van der Waals surface area contributed by atoms with Gasteiger partial charge in [0.1, 0.15) is 12.4 Å². The zero-order valence-corrected chi connectivity index (χ0v) is 17.6. The molecule has 6 nitrogen and oxygen atoms in total. The molecule has 0 atom stereocenters. The first-order chi connectivity index (χ1) is 14.9. The molecular formula is C25H23NO5. The van der Waals surface area contributed by atoms with Crippen molar-refractivity contribution in [2.24, 2.45) is 0 Å². The molecule has 0 heterocycles. The number of ether oxygens (including phenoxy) is 2. The lowest BCUT2D eigenvalue weighted by Gasteiger charge is -2.12. The Morgan fingerprint density at radius 3 is 2.45 bits per heavy atom. The molecule has 0 radical (unpaired) electrons. The summed E-state index contributed by atoms with van der Waals surface area (Å²) in [5.41, 5.74) is 3.84. The summed E-state index contributed by atoms with van der Waals surface area (Å²) in [5.74, 6) is 0.692. The minimum atomic E-state index is -0.463. The van der Waals surface area contributed by atoms with Crippen LogP contribution in [0.15, 0.2) is 66.7 Å². The number of aryl methyl sites for hydroxylation is 2. The summed E-state index contributed by atoms with van der Waals surface area (Å²) in [6.45, 7) is 3.81. The van der Waals surface area contributed by atoms with E-state index in [1.54, 1.807) is 44.4 Å². The molecule has 3 aromatic rings. The summed E-state index contributed by atoms with van der Waals surface area (Å²) < 4.78 is 11.1. The highest BCUT2D eigenvalue weighted by Gasteiger charge is 2.16. The van der Waals surface area contributed by atoms with Gasteiger partial charge < -0.3 is 9.47 Å². The van der Waals surface area contributed by atoms with E-state index in [-0.39, 0.29) is 23.8 Å². The molecule has 0 aliphatic carbocycles. The summed E-state index contributed by atoms with van der Waals surface area (Å²) in [7, 11) is 1.55. The lowest BCUT2D eigenvalue weighted by molar-refractivity contribution is -0.386. The molecule has 158 valence electrons. The molecule has 0 aromatic heterocycles. The van der Waals surface area contributed by atoms with Crippen molar-refractivity contribution in [1.82, 2.24) is 0 Å². The number of benzene rings is 3. The molecule has 0 spiro atoms. The Morgan fingerprint density at radius 1 is 1.00 bits per heavy atom. The summed E-state index contributed by atoms with van der Waals surface area (Å²) in [4.78, 5) is 23.3. The van der Waals surface area contributed by atoms with Gasteiger partial charge in [0.25, 0.3) is 0 Å². The van der Waals surface area contributed by atoms with Crippen LogP contribution in [0.5, 0.6) is 11.5 Å². The smallest absolute Gasteiger partial charge is 0.311 e. The van der Waals surface area contributed by atoms with Crippen molar-refractivity contribution in [1.29, 1.82) is 0 Å². The number of carbonyl (C=O) groups is 1. The standard InChI is InChI=1S/C25H23NO5/c1-17-5-4-6-20(13-17)23(27)10-8-19-9-12-24(30-3)21(15-19)16-31-25-11-7-18(2)14-22(25)26(28)29/h4-15H,16H2,1-3H3/b10-8+. The monoisotopic (exact) mass is 417 g/mol. The molecule has 0 bridgehead atoms. The maximum atomic E-state index is 12.4. The molecule has 6 heteroatoms. The van der Waals surface area contributed by atoms with Crippen LogP contribution in [0, 0.1) is 24.0 Å². The van der Waals surface area contributed by atoms with E-state index in [9.17, 15) is 14.9 Å². The van der Waals surface area contributed by atoms with E-state index in [4.69, 9.17) is 9.47 Å². The molecular weight excluding hydrogens is 394 g/mol. The van der Waals surface area contributed by atoms with Crippen LogP contribution >= 0.6 is 0 Å². The van der Waals surface area contributed by atoms with E-state index in [0.29, 0.717) is 16.9 Å². The first-order valence-electron chi connectivity index (χ1n) is 9.71. The van der Waals surface area contributed by atoms with E-state index in [1.165, 1.54) is 12.1 Å². The molecule has 0 aliphatic heterocycles. The molecule has 3 aromatic carbocycles. The third kappa shape index (κ3) is 5.57. The number of nitrogens with zero attached hydrogens (tertiary/aromatic N) is 1. The third-order valence-electron chi connectivity index (χ3n) is 4.73. The molecule has 0 N–H and O–H groups in total. The molecule has 0 amide bonds. The first kappa shape index (κ1) is 21.8. The Bertz CT molecular complexity index is 1150. The average Bonchev–Trinajstić information content (AvgIpc) is 2.76. The lowest BCUT2D eigenvalue weighted by atomic mass is 10.1. The summed E-state index contributed by atoms with van der Waals surface area (Å²) in [6.07, 6.45) is 3.24. The number of hydrogen-bond acceptors (Lipinski definition) is 5. The Hall–Kier alpha value is -3.93. The number of methoxy groups -OCH3 is 1. The minimum Gasteiger partial charge on any atom is -0.496 e. The van der Waals surface area contributed by atoms with Gasteiger partial charge in [-0.1, -0.05) is 42.0 Å². The summed E-state index contributed by atoms with van der Waals surface area (Å²) in [5, 5.41) is 11.3. The van der Waals surface area contributed by atoms with Crippen LogP contribution in [-0.2, 0) is 6.61 Å². The van der Waals surface area contributed by atoms with Crippen LogP contribution < -0.4 is 9.47 Å². The molecule has 0 aliphatic rings. The average molecular weight is 417 g/mol. The Kier molecular flexibility index (Phi) is 6.82. The van der Waals surface area contributed by atoms with Crippen molar-refractivity contribution in [3.63, 3.8) is 0 Å². The van der Waals surface area contributed by atoms with Gasteiger partial charge in [-0.2, -0.15) is 0 Å². The number of allylic oxidation sites excluding steroid dienone is 1. The summed E-state index contributed by atoms with van der Waals surface area (Å²) >= 11 is 0. The van der Waals surface area contributed by atoms with Crippen molar-refractivity contribution in [3.05, 3.63) is 105 Å². The van der Waals surface area contributed by atoms with Crippen molar-refractivity contribution in [3.8, 4) is 11.5 Å². The van der Waals surface area contributed by atoms with Crippen molar-refractivity contribution < 1.29 is 19.2 Å². The number of hydrogen-bond donors (Lipinski definition) is 0. The normalized spacial score (nSPS) is 10.8. The van der Waals surface area contributed by atoms with Crippen LogP contribution in [0.4, 0.5) is 5.69 Å². The van der Waals surface area contributed by atoms with Gasteiger partial charge in [0.2, 0.25) is 0 Å². The van der Waals surface area contributed by atoms with Gasteiger partial charge in [0.15, 0.2) is 11.5 Å². The van der Waals surface area contributed by atoms with Crippen LogP contribution in [0.1, 0.15) is 32.6 Å². The van der Waals surface area contributed by atoms with Crippen molar-refractivity contribution >= 4 is 17.5 Å². The minimum absolute atomic E-state index is 0.0839. The molecule has 0 unspecified atom stereocenters. The zero-order valence-electron chi connectivity index (χ0n) is 17.6. The Balaban J connectivity index is 1.80. The first-order valence-corrected chi connectivity index (χ1v) is 9.71. The topological polar surface area (TPSA) is 78.7 Å². The van der Waals surface area contributed by atoms with Crippen LogP contribution in [0.25, 0.3) is 6.08 Å². The van der Waals surface area contributed by atoms with E-state index < -0.39 is 4.92 Å². The number of ketones is 1. The zero-order chi connectivity index (χ0) is 22.4. The largest absolute Gasteiger partial charge is 0.496 e. The van der Waals surface area contributed by atoms with Crippen LogP contribution in [0.2, 0.25) is 0 Å². The van der Waals surface area contributed by atoms with E-state index in [2.05, 4.69) is 0 Å². The number of nitro benzene ring substituents is 1. The second kappa shape index (κ2) is 9.71. The summed E-state index contributed by atoms with van der Waals surface area (Å²) in [6, 6.07) is 17.7. The fourth-order valence-corrected chi connectivity index (χ4v) is 3.13. The van der Waals surface area contributed by atoms with Gasteiger partial charge >= 0.3 is 5.69 Å². The quantitative estimate of drug-likeness (QED) is 0.203. The molecule has 31 heavy (non-hydrogen) atoms. The highest BCUT2D eigenvalue weighted by atomic mass is 16.6. The fourth-order valence-electron chi connectivity index (χ4n) is 3.13. The number of rotatable bonds is 8. The number of carbonyl (C=O) groups excluding carboxylic acids is 1. The fraction of sp³-hybridized carbons (Fsp3) is 0.160. The van der Waals surface area contributed by atoms with Gasteiger partial charge in [0, 0.05) is 17.2 Å². The van der Waals surface area contributed by atoms with Crippen molar-refractivity contribution in [2.75, 3.05) is 7.11 Å². The van der Waals surface area contributed by atoms with Gasteiger partial charge in [-0.15, -0.1) is 0 Å². The molecule has 0 saturated carbocycles. The lowest BCUT2D eigenvalue weighted by Crippen LogP contribution is -2.02. The molecule has 0 fully saturated rings.